The number of hydrogen-bond donors (Lipinski definition) is 0. The summed E-state index contributed by atoms with van der Waals surface area (Å²) in [5, 5.41) is 0. The first kappa shape index (κ1) is 33.6. The van der Waals surface area contributed by atoms with E-state index in [4.69, 9.17) is 9.47 Å². The van der Waals surface area contributed by atoms with Crippen molar-refractivity contribution in [1.82, 2.24) is 0 Å². The number of unbranched alkanes of at least 4 members (excludes halogenated alkanes) is 4. The van der Waals surface area contributed by atoms with Gasteiger partial charge in [0, 0.05) is 13.0 Å². The van der Waals surface area contributed by atoms with E-state index in [1.54, 1.807) is 13.0 Å². The minimum atomic E-state index is -5.15. The second-order valence-electron chi connectivity index (χ2n) is 10.1. The van der Waals surface area contributed by atoms with E-state index in [9.17, 15) is 27.6 Å². The largest absolute Gasteiger partial charge is 0.463 e. The second-order valence-corrected chi connectivity index (χ2v) is 10.1. The molecule has 0 heterocycles. The lowest BCUT2D eigenvalue weighted by Crippen LogP contribution is -2.43. The first-order valence-electron chi connectivity index (χ1n) is 14.4. The molecule has 0 radical (unpaired) electrons. The fourth-order valence-corrected chi connectivity index (χ4v) is 4.24. The predicted molar refractivity (Wildman–Crippen MR) is 154 cm³/mol. The molecule has 0 aliphatic heterocycles. The predicted octanol–water partition coefficient (Wildman–Crippen LogP) is 7.40. The molecule has 0 bridgehead atoms. The summed E-state index contributed by atoms with van der Waals surface area (Å²) >= 11 is 0. The van der Waals surface area contributed by atoms with Gasteiger partial charge in [-0.05, 0) is 54.3 Å². The summed E-state index contributed by atoms with van der Waals surface area (Å²) in [5.74, 6) is -3.70. The lowest BCUT2D eigenvalue weighted by molar-refractivity contribution is -0.218. The van der Waals surface area contributed by atoms with Crippen LogP contribution in [0.15, 0.2) is 72.8 Å². The van der Waals surface area contributed by atoms with Crippen molar-refractivity contribution in [3.63, 3.8) is 0 Å². The summed E-state index contributed by atoms with van der Waals surface area (Å²) < 4.78 is 60.9. The Bertz CT molecular complexity index is 1270. The quantitative estimate of drug-likeness (QED) is 0.119. The lowest BCUT2D eigenvalue weighted by atomic mass is 9.89. The Morgan fingerprint density at radius 3 is 2.19 bits per heavy atom. The summed E-state index contributed by atoms with van der Waals surface area (Å²) in [6.45, 7) is 4.01. The molecule has 2 atom stereocenters. The van der Waals surface area contributed by atoms with Crippen LogP contribution in [0.3, 0.4) is 0 Å². The number of carbonyl (C=O) groups is 3. The fraction of sp³-hybridized carbons (Fsp3) is 0.424. The van der Waals surface area contributed by atoms with Crippen LogP contribution in [0.1, 0.15) is 74.7 Å². The van der Waals surface area contributed by atoms with Crippen molar-refractivity contribution >= 4 is 23.5 Å². The number of carbonyl (C=O) groups excluding carboxylic acids is 3. The van der Waals surface area contributed by atoms with Gasteiger partial charge in [-0.1, -0.05) is 82.0 Å². The van der Waals surface area contributed by atoms with Gasteiger partial charge in [0.05, 0.1) is 12.2 Å². The average Bonchev–Trinajstić information content (AvgIpc) is 3.00. The molecule has 2 aromatic carbocycles. The van der Waals surface area contributed by atoms with Crippen molar-refractivity contribution in [2.45, 2.75) is 76.7 Å². The highest BCUT2D eigenvalue weighted by Crippen LogP contribution is 2.32. The van der Waals surface area contributed by atoms with E-state index in [-0.39, 0.29) is 24.3 Å². The first-order chi connectivity index (χ1) is 20.6. The highest BCUT2D eigenvalue weighted by molar-refractivity contribution is 5.92. The molecule has 10 heteroatoms. The van der Waals surface area contributed by atoms with Gasteiger partial charge in [-0.15, -0.1) is 0 Å². The Balaban J connectivity index is 1.69. The van der Waals surface area contributed by atoms with Crippen molar-refractivity contribution in [3.05, 3.63) is 84.0 Å². The molecule has 0 saturated heterocycles. The van der Waals surface area contributed by atoms with Crippen molar-refractivity contribution in [2.75, 3.05) is 13.2 Å². The smallest absolute Gasteiger partial charge is 0.436 e. The zero-order valence-electron chi connectivity index (χ0n) is 24.4. The van der Waals surface area contributed by atoms with E-state index in [0.29, 0.717) is 19.4 Å². The standard InChI is InChI=1S/C33H37F3O7/c1-3-5-7-11-23-41-32(20-18-25(19-21-32)24-12-9-8-10-13-24)31(39)42-27-16-14-26(15-17-27)29(37)43-28(33(34,35)36)30(38)40-22-6-4-2/h8-10,12-20,28H,3-7,11,21-23H2,1-2H3. The van der Waals surface area contributed by atoms with E-state index >= 15 is 0 Å². The Labute approximate surface area is 249 Å². The van der Waals surface area contributed by atoms with E-state index in [0.717, 1.165) is 49.0 Å². The van der Waals surface area contributed by atoms with Gasteiger partial charge in [-0.2, -0.15) is 13.2 Å². The van der Waals surface area contributed by atoms with Crippen LogP contribution >= 0.6 is 0 Å². The summed E-state index contributed by atoms with van der Waals surface area (Å²) in [6, 6.07) is 14.5. The SMILES string of the molecule is CCCCCCOC1(C(=O)Oc2ccc(C(=O)OC(C(=O)OCCCC)C(F)(F)F)cc2)C=CC(c2ccccc2)=CC1. The molecule has 2 unspecified atom stereocenters. The third-order valence-electron chi connectivity index (χ3n) is 6.75. The summed E-state index contributed by atoms with van der Waals surface area (Å²) in [4.78, 5) is 37.8. The summed E-state index contributed by atoms with van der Waals surface area (Å²) in [6.07, 6.45) is 2.24. The molecule has 0 spiro atoms. The molecule has 1 aliphatic carbocycles. The Kier molecular flexibility index (Phi) is 12.5. The number of halogens is 3. The van der Waals surface area contributed by atoms with Crippen LogP contribution in [0.4, 0.5) is 13.2 Å². The minimum absolute atomic E-state index is 0.0492. The van der Waals surface area contributed by atoms with Gasteiger partial charge in [-0.3, -0.25) is 0 Å². The third kappa shape index (κ3) is 9.81. The number of allylic oxidation sites excluding steroid dienone is 2. The van der Waals surface area contributed by atoms with Crippen LogP contribution < -0.4 is 4.74 Å². The van der Waals surface area contributed by atoms with Crippen LogP contribution in [0.25, 0.3) is 5.57 Å². The number of hydrogen-bond acceptors (Lipinski definition) is 7. The maximum absolute atomic E-state index is 13.4. The molecular weight excluding hydrogens is 565 g/mol. The van der Waals surface area contributed by atoms with Crippen molar-refractivity contribution < 1.29 is 46.5 Å². The maximum Gasteiger partial charge on any atom is 0.436 e. The van der Waals surface area contributed by atoms with E-state index in [2.05, 4.69) is 16.4 Å². The molecule has 1 aliphatic rings. The Hall–Kier alpha value is -3.92. The van der Waals surface area contributed by atoms with E-state index < -0.39 is 35.8 Å². The van der Waals surface area contributed by atoms with Gasteiger partial charge in [-0.25, -0.2) is 14.4 Å². The molecular formula is C33H37F3O7. The van der Waals surface area contributed by atoms with Crippen molar-refractivity contribution in [1.29, 1.82) is 0 Å². The number of alkyl halides is 3. The molecule has 0 amide bonds. The van der Waals surface area contributed by atoms with Crippen LogP contribution in [0, 0.1) is 0 Å². The minimum Gasteiger partial charge on any atom is -0.463 e. The van der Waals surface area contributed by atoms with Gasteiger partial charge >= 0.3 is 24.1 Å². The van der Waals surface area contributed by atoms with Crippen LogP contribution in [-0.2, 0) is 23.8 Å². The van der Waals surface area contributed by atoms with Crippen LogP contribution in [0.5, 0.6) is 5.75 Å². The van der Waals surface area contributed by atoms with Gasteiger partial charge in [0.15, 0.2) is 5.60 Å². The molecule has 0 N–H and O–H groups in total. The number of esters is 3. The lowest BCUT2D eigenvalue weighted by Gasteiger charge is -2.30. The maximum atomic E-state index is 13.4. The highest BCUT2D eigenvalue weighted by Gasteiger charge is 2.49. The van der Waals surface area contributed by atoms with E-state index in [1.165, 1.54) is 12.1 Å². The Morgan fingerprint density at radius 1 is 0.884 bits per heavy atom. The average molecular weight is 603 g/mol. The monoisotopic (exact) mass is 602 g/mol. The molecule has 7 nitrogen and oxygen atoms in total. The number of benzene rings is 2. The summed E-state index contributed by atoms with van der Waals surface area (Å²) in [5.41, 5.74) is 0.284. The highest BCUT2D eigenvalue weighted by atomic mass is 19.4. The third-order valence-corrected chi connectivity index (χ3v) is 6.75. The first-order valence-corrected chi connectivity index (χ1v) is 14.4. The normalized spacial score (nSPS) is 17.1. The fourth-order valence-electron chi connectivity index (χ4n) is 4.24. The van der Waals surface area contributed by atoms with Gasteiger partial charge < -0.3 is 18.9 Å². The number of ether oxygens (including phenoxy) is 4. The van der Waals surface area contributed by atoms with Crippen molar-refractivity contribution in [2.24, 2.45) is 0 Å². The van der Waals surface area contributed by atoms with E-state index in [1.807, 2.05) is 42.5 Å². The molecule has 3 rings (SSSR count). The zero-order chi connectivity index (χ0) is 31.3. The van der Waals surface area contributed by atoms with Gasteiger partial charge in [0.1, 0.15) is 5.75 Å². The van der Waals surface area contributed by atoms with Crippen LogP contribution in [0.2, 0.25) is 0 Å². The zero-order valence-corrected chi connectivity index (χ0v) is 24.4. The molecule has 43 heavy (non-hydrogen) atoms. The number of rotatable bonds is 15. The molecule has 232 valence electrons. The topological polar surface area (TPSA) is 88.1 Å². The van der Waals surface area contributed by atoms with Gasteiger partial charge in [0.25, 0.3) is 6.10 Å². The summed E-state index contributed by atoms with van der Waals surface area (Å²) in [7, 11) is 0. The van der Waals surface area contributed by atoms with Gasteiger partial charge in [0.2, 0.25) is 0 Å². The van der Waals surface area contributed by atoms with Crippen LogP contribution in [-0.4, -0.2) is 49.0 Å². The molecule has 0 aromatic heterocycles. The molecule has 2 aromatic rings. The van der Waals surface area contributed by atoms with Crippen molar-refractivity contribution in [3.8, 4) is 5.75 Å². The Morgan fingerprint density at radius 2 is 1.58 bits per heavy atom. The second kappa shape index (κ2) is 16.1. The molecule has 0 fully saturated rings. The molecule has 0 saturated carbocycles.